The van der Waals surface area contributed by atoms with Crippen LogP contribution in [-0.2, 0) is 17.6 Å². The first kappa shape index (κ1) is 20.4. The molecule has 2 aromatic rings. The van der Waals surface area contributed by atoms with Crippen LogP contribution in [-0.4, -0.2) is 23.9 Å². The molecule has 4 rings (SSSR count). The Kier molecular flexibility index (Phi) is 5.98. The molecule has 0 bridgehead atoms. The van der Waals surface area contributed by atoms with E-state index >= 15 is 0 Å². The first-order chi connectivity index (χ1) is 14.0. The summed E-state index contributed by atoms with van der Waals surface area (Å²) in [5.41, 5.74) is 7.78. The van der Waals surface area contributed by atoms with E-state index in [2.05, 4.69) is 58.0 Å². The van der Waals surface area contributed by atoms with Crippen LogP contribution in [0.5, 0.6) is 5.75 Å². The summed E-state index contributed by atoms with van der Waals surface area (Å²) in [4.78, 5) is 0. The van der Waals surface area contributed by atoms with Crippen molar-refractivity contribution in [2.45, 2.75) is 84.0 Å². The van der Waals surface area contributed by atoms with E-state index < -0.39 is 0 Å². The van der Waals surface area contributed by atoms with E-state index in [1.807, 2.05) is 0 Å². The second-order valence-corrected chi connectivity index (χ2v) is 8.94. The Bertz CT molecular complexity index is 845. The largest absolute Gasteiger partial charge is 0.493 e. The van der Waals surface area contributed by atoms with Crippen molar-refractivity contribution in [1.82, 2.24) is 0 Å². The zero-order chi connectivity index (χ0) is 20.5. The van der Waals surface area contributed by atoms with Gasteiger partial charge in [0.1, 0.15) is 5.75 Å². The number of fused-ring (bicyclic) bond motifs is 1. The smallest absolute Gasteiger partial charge is 0.126 e. The van der Waals surface area contributed by atoms with Gasteiger partial charge >= 0.3 is 0 Å². The summed E-state index contributed by atoms with van der Waals surface area (Å²) in [5.74, 6) is 1.67. The van der Waals surface area contributed by atoms with E-state index in [1.54, 1.807) is 0 Å². The molecule has 0 aliphatic carbocycles. The molecule has 29 heavy (non-hydrogen) atoms. The Balaban J connectivity index is 1.66. The number of aliphatic hydroxyl groups is 1. The Hall–Kier alpha value is -1.84. The van der Waals surface area contributed by atoms with Crippen molar-refractivity contribution < 1.29 is 14.6 Å². The average molecular weight is 395 g/mol. The summed E-state index contributed by atoms with van der Waals surface area (Å²) in [7, 11) is 0. The van der Waals surface area contributed by atoms with Crippen LogP contribution in [0.15, 0.2) is 30.3 Å². The van der Waals surface area contributed by atoms with Gasteiger partial charge in [-0.1, -0.05) is 38.1 Å². The van der Waals surface area contributed by atoms with Crippen molar-refractivity contribution in [3.05, 3.63) is 63.7 Å². The minimum Gasteiger partial charge on any atom is -0.493 e. The average Bonchev–Trinajstić information content (AvgIpc) is 3.20. The molecule has 0 radical (unpaired) electrons. The molecule has 1 N–H and O–H groups in total. The number of aliphatic hydroxyl groups excluding tert-OH is 1. The summed E-state index contributed by atoms with van der Waals surface area (Å²) >= 11 is 0. The molecule has 2 heterocycles. The summed E-state index contributed by atoms with van der Waals surface area (Å²) < 4.78 is 12.3. The second kappa shape index (κ2) is 8.49. The fourth-order valence-corrected chi connectivity index (χ4v) is 4.84. The van der Waals surface area contributed by atoms with E-state index in [0.29, 0.717) is 12.3 Å². The molecule has 3 nitrogen and oxygen atoms in total. The molecule has 2 aromatic carbocycles. The fraction of sp³-hybridized carbons (Fsp3) is 0.538. The quantitative estimate of drug-likeness (QED) is 0.714. The number of hydrogen-bond acceptors (Lipinski definition) is 3. The van der Waals surface area contributed by atoms with E-state index in [-0.39, 0.29) is 18.3 Å². The van der Waals surface area contributed by atoms with Crippen LogP contribution in [0.1, 0.15) is 85.4 Å². The number of hydrogen-bond donors (Lipinski definition) is 1. The van der Waals surface area contributed by atoms with Gasteiger partial charge in [0.05, 0.1) is 24.9 Å². The fourth-order valence-electron chi connectivity index (χ4n) is 4.84. The zero-order valence-corrected chi connectivity index (χ0v) is 18.2. The number of rotatable bonds is 5. The summed E-state index contributed by atoms with van der Waals surface area (Å²) in [5, 5.41) is 10.3. The molecule has 156 valence electrons. The molecule has 1 fully saturated rings. The van der Waals surface area contributed by atoms with Gasteiger partial charge in [0.15, 0.2) is 0 Å². The van der Waals surface area contributed by atoms with Crippen LogP contribution in [0.25, 0.3) is 0 Å². The van der Waals surface area contributed by atoms with Gasteiger partial charge in [-0.2, -0.15) is 0 Å². The van der Waals surface area contributed by atoms with Crippen molar-refractivity contribution in [3.8, 4) is 5.75 Å². The SMILES string of the molecule is CCC(C)c1ccc(Cc2cc(C3CC(O)CC(C)O3)c(C)c3c2OCC3)cc1. The highest BCUT2D eigenvalue weighted by atomic mass is 16.5. The highest BCUT2D eigenvalue weighted by Crippen LogP contribution is 2.41. The summed E-state index contributed by atoms with van der Waals surface area (Å²) in [6.45, 7) is 9.51. The predicted octanol–water partition coefficient (Wildman–Crippen LogP) is 5.64. The number of ether oxygens (including phenoxy) is 2. The van der Waals surface area contributed by atoms with Crippen molar-refractivity contribution in [2.24, 2.45) is 0 Å². The van der Waals surface area contributed by atoms with Crippen LogP contribution < -0.4 is 4.74 Å². The van der Waals surface area contributed by atoms with Gasteiger partial charge in [-0.25, -0.2) is 0 Å². The molecule has 1 saturated heterocycles. The van der Waals surface area contributed by atoms with Gasteiger partial charge in [0.25, 0.3) is 0 Å². The molecule has 3 heteroatoms. The third-order valence-corrected chi connectivity index (χ3v) is 6.77. The predicted molar refractivity (Wildman–Crippen MR) is 117 cm³/mol. The second-order valence-electron chi connectivity index (χ2n) is 8.94. The topological polar surface area (TPSA) is 38.7 Å². The molecule has 2 aliphatic rings. The molecule has 2 aliphatic heterocycles. The lowest BCUT2D eigenvalue weighted by Crippen LogP contribution is -2.29. The highest BCUT2D eigenvalue weighted by molar-refractivity contribution is 5.54. The maximum absolute atomic E-state index is 10.3. The minimum absolute atomic E-state index is 0.0359. The maximum atomic E-state index is 10.3. The molecule has 0 amide bonds. The molecule has 4 atom stereocenters. The van der Waals surface area contributed by atoms with Crippen molar-refractivity contribution >= 4 is 0 Å². The molecule has 4 unspecified atom stereocenters. The van der Waals surface area contributed by atoms with Crippen molar-refractivity contribution in [3.63, 3.8) is 0 Å². The number of benzene rings is 2. The maximum Gasteiger partial charge on any atom is 0.126 e. The van der Waals surface area contributed by atoms with Gasteiger partial charge in [-0.3, -0.25) is 0 Å². The van der Waals surface area contributed by atoms with Crippen LogP contribution in [0.4, 0.5) is 0 Å². The lowest BCUT2D eigenvalue weighted by atomic mass is 9.87. The summed E-state index contributed by atoms with van der Waals surface area (Å²) in [6.07, 6.45) is 4.14. The third-order valence-electron chi connectivity index (χ3n) is 6.77. The molecule has 0 aromatic heterocycles. The van der Waals surface area contributed by atoms with Gasteiger partial charge in [0.2, 0.25) is 0 Å². The van der Waals surface area contributed by atoms with Gasteiger partial charge in [-0.15, -0.1) is 0 Å². The standard InChI is InChI=1S/C26H34O3/c1-5-16(2)20-8-6-19(7-9-20)13-21-14-24(18(4)23-10-11-28-26(21)23)25-15-22(27)12-17(3)29-25/h6-9,14,16-17,22,25,27H,5,10-13,15H2,1-4H3. The normalized spacial score (nSPS) is 24.8. The third kappa shape index (κ3) is 4.22. The van der Waals surface area contributed by atoms with Gasteiger partial charge in [0, 0.05) is 24.8 Å². The van der Waals surface area contributed by atoms with Gasteiger partial charge < -0.3 is 14.6 Å². The Morgan fingerprint density at radius 1 is 1.17 bits per heavy atom. The minimum atomic E-state index is -0.288. The lowest BCUT2D eigenvalue weighted by Gasteiger charge is -2.33. The Morgan fingerprint density at radius 2 is 1.93 bits per heavy atom. The van der Waals surface area contributed by atoms with Crippen LogP contribution in [0, 0.1) is 6.92 Å². The van der Waals surface area contributed by atoms with Crippen molar-refractivity contribution in [2.75, 3.05) is 6.61 Å². The first-order valence-corrected chi connectivity index (χ1v) is 11.2. The molecular formula is C26H34O3. The van der Waals surface area contributed by atoms with Crippen LogP contribution >= 0.6 is 0 Å². The molecule has 0 spiro atoms. The van der Waals surface area contributed by atoms with E-state index in [4.69, 9.17) is 9.47 Å². The Labute approximate surface area is 175 Å². The highest BCUT2D eigenvalue weighted by Gasteiger charge is 2.31. The van der Waals surface area contributed by atoms with E-state index in [1.165, 1.54) is 33.4 Å². The zero-order valence-electron chi connectivity index (χ0n) is 18.2. The molecular weight excluding hydrogens is 360 g/mol. The van der Waals surface area contributed by atoms with Crippen LogP contribution in [0.2, 0.25) is 0 Å². The van der Waals surface area contributed by atoms with E-state index in [9.17, 15) is 5.11 Å². The lowest BCUT2D eigenvalue weighted by molar-refractivity contribution is -0.0897. The Morgan fingerprint density at radius 3 is 2.62 bits per heavy atom. The first-order valence-electron chi connectivity index (χ1n) is 11.2. The van der Waals surface area contributed by atoms with Gasteiger partial charge in [-0.05, 0) is 66.5 Å². The van der Waals surface area contributed by atoms with Crippen LogP contribution in [0.3, 0.4) is 0 Å². The monoisotopic (exact) mass is 394 g/mol. The van der Waals surface area contributed by atoms with E-state index in [0.717, 1.165) is 38.0 Å². The van der Waals surface area contributed by atoms with Crippen molar-refractivity contribution in [1.29, 1.82) is 0 Å². The summed E-state index contributed by atoms with van der Waals surface area (Å²) in [6, 6.07) is 11.3. The molecule has 0 saturated carbocycles.